The molecule has 0 aliphatic rings. The van der Waals surface area contributed by atoms with Crippen LogP contribution in [0.3, 0.4) is 0 Å². The predicted octanol–water partition coefficient (Wildman–Crippen LogP) is 4.13. The number of thioether (sulfide) groups is 1. The summed E-state index contributed by atoms with van der Waals surface area (Å²) in [6, 6.07) is 18.2. The lowest BCUT2D eigenvalue weighted by atomic mass is 10.1. The number of carbonyl (C=O) groups is 1. The number of carbonyl (C=O) groups excluding carboxylic acids is 1. The summed E-state index contributed by atoms with van der Waals surface area (Å²) in [6.45, 7) is 4.59. The highest BCUT2D eigenvalue weighted by atomic mass is 35.5. The van der Waals surface area contributed by atoms with Crippen molar-refractivity contribution in [3.05, 3.63) is 65.7 Å². The predicted molar refractivity (Wildman–Crippen MR) is 105 cm³/mol. The summed E-state index contributed by atoms with van der Waals surface area (Å²) in [5.41, 5.74) is 1.94. The molecule has 0 saturated heterocycles. The molecule has 0 heterocycles. The van der Waals surface area contributed by atoms with Crippen molar-refractivity contribution >= 4 is 30.1 Å². The van der Waals surface area contributed by atoms with E-state index < -0.39 is 0 Å². The van der Waals surface area contributed by atoms with Crippen molar-refractivity contribution in [3.63, 3.8) is 0 Å². The van der Waals surface area contributed by atoms with Crippen LogP contribution in [0.2, 0.25) is 0 Å². The molecule has 0 atom stereocenters. The zero-order chi connectivity index (χ0) is 16.3. The van der Waals surface area contributed by atoms with Crippen LogP contribution in [0.1, 0.15) is 29.3 Å². The lowest BCUT2D eigenvalue weighted by Crippen LogP contribution is -2.32. The third-order valence-electron chi connectivity index (χ3n) is 3.38. The fraction of sp³-hybridized carbons (Fsp3) is 0.316. The molecule has 0 unspecified atom stereocenters. The Labute approximate surface area is 155 Å². The Morgan fingerprint density at radius 2 is 1.67 bits per heavy atom. The molecule has 3 nitrogen and oxygen atoms in total. The normalized spacial score (nSPS) is 10.0. The zero-order valence-corrected chi connectivity index (χ0v) is 15.6. The number of amides is 1. The van der Waals surface area contributed by atoms with Gasteiger partial charge in [-0.3, -0.25) is 4.79 Å². The first-order valence-electron chi connectivity index (χ1n) is 8.05. The molecular weight excluding hydrogens is 340 g/mol. The van der Waals surface area contributed by atoms with Gasteiger partial charge in [-0.2, -0.15) is 0 Å². The van der Waals surface area contributed by atoms with Crippen LogP contribution in [-0.4, -0.2) is 25.5 Å². The molecule has 0 bridgehead atoms. The third kappa shape index (κ3) is 7.39. The lowest BCUT2D eigenvalue weighted by molar-refractivity contribution is 0.0954. The topological polar surface area (TPSA) is 41.1 Å². The van der Waals surface area contributed by atoms with Gasteiger partial charge in [0.05, 0.1) is 0 Å². The maximum absolute atomic E-state index is 12.0. The van der Waals surface area contributed by atoms with Crippen LogP contribution in [-0.2, 0) is 5.75 Å². The third-order valence-corrected chi connectivity index (χ3v) is 4.46. The maximum Gasteiger partial charge on any atom is 0.251 e. The van der Waals surface area contributed by atoms with Crippen molar-refractivity contribution in [1.29, 1.82) is 0 Å². The van der Waals surface area contributed by atoms with E-state index in [2.05, 4.69) is 29.7 Å². The molecule has 130 valence electrons. The van der Waals surface area contributed by atoms with Gasteiger partial charge in [-0.15, -0.1) is 24.2 Å². The van der Waals surface area contributed by atoms with E-state index >= 15 is 0 Å². The van der Waals surface area contributed by atoms with Crippen LogP contribution in [0.4, 0.5) is 0 Å². The average Bonchev–Trinajstić information content (AvgIpc) is 2.61. The van der Waals surface area contributed by atoms with Crippen LogP contribution >= 0.6 is 24.2 Å². The minimum Gasteiger partial charge on any atom is -0.351 e. The van der Waals surface area contributed by atoms with Crippen molar-refractivity contribution in [2.75, 3.05) is 19.6 Å². The number of halogens is 1. The molecule has 2 aromatic rings. The van der Waals surface area contributed by atoms with E-state index in [0.717, 1.165) is 25.3 Å². The van der Waals surface area contributed by atoms with Gasteiger partial charge in [0.1, 0.15) is 0 Å². The molecule has 0 saturated carbocycles. The van der Waals surface area contributed by atoms with Gasteiger partial charge >= 0.3 is 0 Å². The Morgan fingerprint density at radius 3 is 2.33 bits per heavy atom. The van der Waals surface area contributed by atoms with Crippen molar-refractivity contribution in [2.45, 2.75) is 24.0 Å². The van der Waals surface area contributed by atoms with Gasteiger partial charge in [0.15, 0.2) is 0 Å². The number of rotatable bonds is 9. The first-order valence-corrected chi connectivity index (χ1v) is 9.04. The minimum absolute atomic E-state index is 0. The molecule has 1 amide bonds. The van der Waals surface area contributed by atoms with E-state index in [1.807, 2.05) is 42.5 Å². The van der Waals surface area contributed by atoms with Crippen molar-refractivity contribution < 1.29 is 4.79 Å². The summed E-state index contributed by atoms with van der Waals surface area (Å²) in [6.07, 6.45) is 1.11. The quantitative estimate of drug-likeness (QED) is 0.519. The van der Waals surface area contributed by atoms with E-state index in [4.69, 9.17) is 0 Å². The number of nitrogens with one attached hydrogen (secondary N) is 2. The van der Waals surface area contributed by atoms with Gasteiger partial charge < -0.3 is 10.6 Å². The fourth-order valence-electron chi connectivity index (χ4n) is 2.10. The molecule has 0 aromatic heterocycles. The fourth-order valence-corrected chi connectivity index (χ4v) is 2.98. The van der Waals surface area contributed by atoms with E-state index in [1.54, 1.807) is 11.8 Å². The van der Waals surface area contributed by atoms with Crippen molar-refractivity contribution in [1.82, 2.24) is 10.6 Å². The molecule has 0 radical (unpaired) electrons. The molecule has 24 heavy (non-hydrogen) atoms. The first kappa shape index (κ1) is 20.6. The SMILES string of the molecule is CCCNCCNC(=O)c1ccc(CSc2ccccc2)cc1.Cl. The second-order valence-corrected chi connectivity index (χ2v) is 6.35. The maximum atomic E-state index is 12.0. The first-order chi connectivity index (χ1) is 11.3. The number of benzene rings is 2. The monoisotopic (exact) mass is 364 g/mol. The highest BCUT2D eigenvalue weighted by Crippen LogP contribution is 2.22. The zero-order valence-electron chi connectivity index (χ0n) is 14.0. The van der Waals surface area contributed by atoms with Crippen LogP contribution in [0.15, 0.2) is 59.5 Å². The van der Waals surface area contributed by atoms with Gasteiger partial charge in [-0.25, -0.2) is 0 Å². The second-order valence-electron chi connectivity index (χ2n) is 5.30. The molecular formula is C19H25ClN2OS. The molecule has 0 aliphatic carbocycles. The summed E-state index contributed by atoms with van der Waals surface area (Å²) < 4.78 is 0. The Kier molecular flexibility index (Phi) is 10.2. The summed E-state index contributed by atoms with van der Waals surface area (Å²) in [4.78, 5) is 13.3. The Bertz CT molecular complexity index is 590. The van der Waals surface area contributed by atoms with Crippen molar-refractivity contribution in [2.24, 2.45) is 0 Å². The van der Waals surface area contributed by atoms with Gasteiger partial charge in [0.2, 0.25) is 0 Å². The van der Waals surface area contributed by atoms with E-state index in [-0.39, 0.29) is 18.3 Å². The number of hydrogen-bond acceptors (Lipinski definition) is 3. The molecule has 0 spiro atoms. The molecule has 2 rings (SSSR count). The largest absolute Gasteiger partial charge is 0.351 e. The summed E-state index contributed by atoms with van der Waals surface area (Å²) in [7, 11) is 0. The molecule has 0 aliphatic heterocycles. The minimum atomic E-state index is -0.00874. The van der Waals surface area contributed by atoms with Gasteiger partial charge in [0.25, 0.3) is 5.91 Å². The molecule has 0 fully saturated rings. The Balaban J connectivity index is 0.00000288. The molecule has 2 aromatic carbocycles. The average molecular weight is 365 g/mol. The smallest absolute Gasteiger partial charge is 0.251 e. The van der Waals surface area contributed by atoms with Crippen LogP contribution < -0.4 is 10.6 Å². The molecule has 5 heteroatoms. The second kappa shape index (κ2) is 12.0. The van der Waals surface area contributed by atoms with E-state index in [9.17, 15) is 4.79 Å². The van der Waals surface area contributed by atoms with E-state index in [0.29, 0.717) is 12.1 Å². The highest BCUT2D eigenvalue weighted by molar-refractivity contribution is 7.98. The summed E-state index contributed by atoms with van der Waals surface area (Å²) in [5.74, 6) is 0.901. The standard InChI is InChI=1S/C19H24N2OS.ClH/c1-2-12-20-13-14-21-19(22)17-10-8-16(9-11-17)15-23-18-6-4-3-5-7-18;/h3-11,20H,2,12-15H2,1H3,(H,21,22);1H. The van der Waals surface area contributed by atoms with Crippen LogP contribution in [0, 0.1) is 0 Å². The van der Waals surface area contributed by atoms with Gasteiger partial charge in [-0.1, -0.05) is 37.3 Å². The Hall–Kier alpha value is -1.49. The van der Waals surface area contributed by atoms with Gasteiger partial charge in [0, 0.05) is 29.3 Å². The Morgan fingerprint density at radius 1 is 0.958 bits per heavy atom. The van der Waals surface area contributed by atoms with Crippen LogP contribution in [0.5, 0.6) is 0 Å². The van der Waals surface area contributed by atoms with Crippen LogP contribution in [0.25, 0.3) is 0 Å². The lowest BCUT2D eigenvalue weighted by Gasteiger charge is -2.07. The summed E-state index contributed by atoms with van der Waals surface area (Å²) in [5, 5.41) is 6.19. The highest BCUT2D eigenvalue weighted by Gasteiger charge is 2.04. The summed E-state index contributed by atoms with van der Waals surface area (Å²) >= 11 is 1.80. The van der Waals surface area contributed by atoms with Crippen molar-refractivity contribution in [3.8, 4) is 0 Å². The number of hydrogen-bond donors (Lipinski definition) is 2. The van der Waals surface area contributed by atoms with Gasteiger partial charge in [-0.05, 0) is 42.8 Å². The molecule has 2 N–H and O–H groups in total. The van der Waals surface area contributed by atoms with E-state index in [1.165, 1.54) is 10.5 Å².